The van der Waals surface area contributed by atoms with Crippen molar-refractivity contribution in [2.45, 2.75) is 0 Å². The lowest BCUT2D eigenvalue weighted by Crippen LogP contribution is -2.00. The number of fused-ring (bicyclic) bond motifs is 6. The van der Waals surface area contributed by atoms with Crippen LogP contribution in [0, 0.1) is 0 Å². The van der Waals surface area contributed by atoms with Crippen LogP contribution in [0.5, 0.6) is 0 Å². The van der Waals surface area contributed by atoms with Crippen LogP contribution in [0.15, 0.2) is 182 Å². The first-order valence-corrected chi connectivity index (χ1v) is 20.2. The number of rotatable bonds is 6. The quantitative estimate of drug-likeness (QED) is 0.170. The highest BCUT2D eigenvalue weighted by atomic mass is 32.1. The molecule has 0 N–H and O–H groups in total. The monoisotopic (exact) mass is 750 g/mol. The van der Waals surface area contributed by atoms with Crippen LogP contribution in [0.2, 0.25) is 0 Å². The van der Waals surface area contributed by atoms with Gasteiger partial charge in [0.25, 0.3) is 0 Å². The molecule has 7 aromatic carbocycles. The van der Waals surface area contributed by atoms with Gasteiger partial charge in [0.05, 0.1) is 11.2 Å². The van der Waals surface area contributed by atoms with Gasteiger partial charge in [0.1, 0.15) is 0 Å². The minimum Gasteiger partial charge on any atom is -0.247 e. The molecule has 0 saturated heterocycles. The summed E-state index contributed by atoms with van der Waals surface area (Å²) in [5, 5.41) is 4.86. The van der Waals surface area contributed by atoms with Crippen LogP contribution < -0.4 is 0 Å². The first-order valence-electron chi connectivity index (χ1n) is 18.6. The smallest absolute Gasteiger partial charge is 0.164 e. The summed E-state index contributed by atoms with van der Waals surface area (Å²) < 4.78 is 3.80. The molecule has 0 aliphatic heterocycles. The standard InChI is InChI=1S/C50H30N4S2/c1-4-16-31(17-5-1)44-43-42(34-22-14-23-35(30-34)50-53-48(32-18-6-2-7-19-32)52-49(54-50)33-20-8-3-9-21-33)47(56-46(43)38-25-10-12-28-40(38)51-44)39-27-15-26-37-36-24-11-13-29-41(36)55-45(37)39/h1-30H. The maximum atomic E-state index is 5.41. The zero-order valence-corrected chi connectivity index (χ0v) is 31.6. The lowest BCUT2D eigenvalue weighted by molar-refractivity contribution is 1.07. The van der Waals surface area contributed by atoms with Crippen LogP contribution in [-0.4, -0.2) is 19.9 Å². The zero-order chi connectivity index (χ0) is 37.0. The van der Waals surface area contributed by atoms with E-state index in [1.807, 2.05) is 83.3 Å². The second kappa shape index (κ2) is 13.5. The summed E-state index contributed by atoms with van der Waals surface area (Å²) in [6, 6.07) is 63.6. The normalized spacial score (nSPS) is 11.6. The third kappa shape index (κ3) is 5.50. The van der Waals surface area contributed by atoms with Gasteiger partial charge in [-0.15, -0.1) is 22.7 Å². The van der Waals surface area contributed by atoms with Crippen molar-refractivity contribution < 1.29 is 0 Å². The minimum absolute atomic E-state index is 0.624. The van der Waals surface area contributed by atoms with Crippen molar-refractivity contribution in [1.82, 2.24) is 19.9 Å². The number of nitrogens with zero attached hydrogens (tertiary/aromatic N) is 4. The Labute approximate surface area is 331 Å². The minimum atomic E-state index is 0.624. The lowest BCUT2D eigenvalue weighted by Gasteiger charge is -2.13. The van der Waals surface area contributed by atoms with Crippen LogP contribution in [0.4, 0.5) is 0 Å². The summed E-state index contributed by atoms with van der Waals surface area (Å²) >= 11 is 3.73. The molecular formula is C50H30N4S2. The van der Waals surface area contributed by atoms with Crippen molar-refractivity contribution in [2.24, 2.45) is 0 Å². The molecule has 0 amide bonds. The predicted octanol–water partition coefficient (Wildman–Crippen LogP) is 14.0. The zero-order valence-electron chi connectivity index (χ0n) is 29.9. The molecule has 0 atom stereocenters. The third-order valence-electron chi connectivity index (χ3n) is 10.3. The van der Waals surface area contributed by atoms with E-state index in [1.165, 1.54) is 35.3 Å². The molecule has 4 aromatic heterocycles. The fourth-order valence-corrected chi connectivity index (χ4v) is 10.4. The van der Waals surface area contributed by atoms with E-state index in [0.29, 0.717) is 17.5 Å². The topological polar surface area (TPSA) is 51.6 Å². The Morgan fingerprint density at radius 3 is 1.61 bits per heavy atom. The third-order valence-corrected chi connectivity index (χ3v) is 12.8. The molecule has 0 bridgehead atoms. The second-order valence-corrected chi connectivity index (χ2v) is 15.8. The maximum absolute atomic E-state index is 5.41. The maximum Gasteiger partial charge on any atom is 0.164 e. The van der Waals surface area contributed by atoms with Crippen molar-refractivity contribution in [1.29, 1.82) is 0 Å². The van der Waals surface area contributed by atoms with E-state index in [1.54, 1.807) is 0 Å². The Morgan fingerprint density at radius 2 is 0.893 bits per heavy atom. The Kier molecular flexibility index (Phi) is 7.83. The second-order valence-electron chi connectivity index (χ2n) is 13.8. The predicted molar refractivity (Wildman–Crippen MR) is 236 cm³/mol. The van der Waals surface area contributed by atoms with E-state index in [4.69, 9.17) is 19.9 Å². The van der Waals surface area contributed by atoms with Crippen LogP contribution in [0.1, 0.15) is 0 Å². The summed E-state index contributed by atoms with van der Waals surface area (Å²) in [5.74, 6) is 1.90. The molecule has 0 fully saturated rings. The number of hydrogen-bond acceptors (Lipinski definition) is 6. The molecule has 56 heavy (non-hydrogen) atoms. The van der Waals surface area contributed by atoms with Gasteiger partial charge in [-0.3, -0.25) is 0 Å². The highest BCUT2D eigenvalue weighted by molar-refractivity contribution is 7.28. The van der Waals surface area contributed by atoms with Gasteiger partial charge in [-0.2, -0.15) is 0 Å². The molecule has 0 saturated carbocycles. The van der Waals surface area contributed by atoms with Crippen LogP contribution in [-0.2, 0) is 0 Å². The van der Waals surface area contributed by atoms with E-state index >= 15 is 0 Å². The fourth-order valence-electron chi connectivity index (χ4n) is 7.73. The van der Waals surface area contributed by atoms with Crippen molar-refractivity contribution in [2.75, 3.05) is 0 Å². The van der Waals surface area contributed by atoms with Crippen LogP contribution in [0.25, 0.3) is 108 Å². The van der Waals surface area contributed by atoms with Gasteiger partial charge in [-0.1, -0.05) is 164 Å². The van der Waals surface area contributed by atoms with Crippen LogP contribution >= 0.6 is 22.7 Å². The van der Waals surface area contributed by atoms with E-state index in [0.717, 1.165) is 55.4 Å². The van der Waals surface area contributed by atoms with E-state index in [-0.39, 0.29) is 0 Å². The molecule has 4 heterocycles. The number of hydrogen-bond donors (Lipinski definition) is 0. The van der Waals surface area contributed by atoms with Gasteiger partial charge < -0.3 is 0 Å². The number of para-hydroxylation sites is 1. The van der Waals surface area contributed by atoms with Gasteiger partial charge in [-0.05, 0) is 23.8 Å². The highest BCUT2D eigenvalue weighted by Gasteiger charge is 2.25. The van der Waals surface area contributed by atoms with E-state index in [2.05, 4.69) is 121 Å². The summed E-state index contributed by atoms with van der Waals surface area (Å²) in [4.78, 5) is 21.8. The first-order chi connectivity index (χ1) is 27.8. The molecule has 0 aliphatic carbocycles. The largest absolute Gasteiger partial charge is 0.247 e. The first kappa shape index (κ1) is 32.6. The number of thiophene rings is 2. The molecule has 4 nitrogen and oxygen atoms in total. The number of benzene rings is 7. The molecule has 0 unspecified atom stereocenters. The van der Waals surface area contributed by atoms with Gasteiger partial charge in [-0.25, -0.2) is 19.9 Å². The molecule has 11 rings (SSSR count). The van der Waals surface area contributed by atoms with Gasteiger partial charge >= 0.3 is 0 Å². The Morgan fingerprint density at radius 1 is 0.357 bits per heavy atom. The summed E-state index contributed by atoms with van der Waals surface area (Å²) in [6.45, 7) is 0. The van der Waals surface area contributed by atoms with Crippen molar-refractivity contribution in [3.05, 3.63) is 182 Å². The highest BCUT2D eigenvalue weighted by Crippen LogP contribution is 2.52. The summed E-state index contributed by atoms with van der Waals surface area (Å²) in [6.07, 6.45) is 0. The summed E-state index contributed by atoms with van der Waals surface area (Å²) in [5.41, 5.74) is 9.32. The Bertz CT molecular complexity index is 3190. The lowest BCUT2D eigenvalue weighted by atomic mass is 9.93. The molecule has 262 valence electrons. The van der Waals surface area contributed by atoms with Gasteiger partial charge in [0.15, 0.2) is 17.5 Å². The SMILES string of the molecule is c1ccc(-c2nc(-c3ccccc3)nc(-c3cccc(-c4c(-c5cccc6c5sc5ccccc56)sc5c4c(-c4ccccc4)nc4ccccc45)c3)n2)cc1. The van der Waals surface area contributed by atoms with E-state index < -0.39 is 0 Å². The molecule has 6 heteroatoms. The molecule has 0 radical (unpaired) electrons. The Balaban J connectivity index is 1.22. The van der Waals surface area contributed by atoms with Crippen molar-refractivity contribution in [3.63, 3.8) is 0 Å². The average molecular weight is 751 g/mol. The Hall–Kier alpha value is -6.86. The number of aromatic nitrogens is 4. The fraction of sp³-hybridized carbons (Fsp3) is 0. The van der Waals surface area contributed by atoms with E-state index in [9.17, 15) is 0 Å². The molecule has 0 aliphatic rings. The summed E-state index contributed by atoms with van der Waals surface area (Å²) in [7, 11) is 0. The number of pyridine rings is 1. The molecule has 0 spiro atoms. The van der Waals surface area contributed by atoms with Crippen molar-refractivity contribution in [3.8, 4) is 67.0 Å². The van der Waals surface area contributed by atoms with Crippen molar-refractivity contribution >= 4 is 63.8 Å². The molecule has 11 aromatic rings. The molecular weight excluding hydrogens is 721 g/mol. The average Bonchev–Trinajstić information content (AvgIpc) is 3.87. The van der Waals surface area contributed by atoms with Gasteiger partial charge in [0, 0.05) is 73.9 Å². The van der Waals surface area contributed by atoms with Gasteiger partial charge in [0.2, 0.25) is 0 Å². The van der Waals surface area contributed by atoms with Crippen LogP contribution in [0.3, 0.4) is 0 Å².